The normalized spacial score (nSPS) is 17.3. The fourth-order valence-corrected chi connectivity index (χ4v) is 2.23. The molecule has 0 saturated carbocycles. The van der Waals surface area contributed by atoms with Crippen LogP contribution in [0.4, 0.5) is 5.69 Å². The van der Waals surface area contributed by atoms with Gasteiger partial charge in [0, 0.05) is 0 Å². The number of hydrazone groups is 1. The lowest BCUT2D eigenvalue weighted by molar-refractivity contribution is -0.116. The fraction of sp³-hybridized carbons (Fsp3) is 0.231. The van der Waals surface area contributed by atoms with Gasteiger partial charge in [-0.05, 0) is 43.0 Å². The summed E-state index contributed by atoms with van der Waals surface area (Å²) >= 11 is 0.753. The molecular formula is C13H12N4O3S. The van der Waals surface area contributed by atoms with E-state index in [1.807, 2.05) is 5.40 Å². The van der Waals surface area contributed by atoms with Crippen LogP contribution >= 0.6 is 11.8 Å². The van der Waals surface area contributed by atoms with E-state index in [4.69, 9.17) is 15.7 Å². The summed E-state index contributed by atoms with van der Waals surface area (Å²) in [7, 11) is 0. The molecule has 1 aromatic carbocycles. The van der Waals surface area contributed by atoms with Gasteiger partial charge in [0.25, 0.3) is 5.91 Å². The average molecular weight is 304 g/mol. The van der Waals surface area contributed by atoms with Crippen LogP contribution in [0.5, 0.6) is 0 Å². The highest BCUT2D eigenvalue weighted by Gasteiger charge is 2.36. The van der Waals surface area contributed by atoms with Gasteiger partial charge in [-0.1, -0.05) is 0 Å². The van der Waals surface area contributed by atoms with Crippen LogP contribution in [0.25, 0.3) is 0 Å². The molecule has 8 heteroatoms. The van der Waals surface area contributed by atoms with E-state index in [2.05, 4.69) is 5.10 Å². The molecule has 0 fully saturated rings. The second-order valence-electron chi connectivity index (χ2n) is 4.03. The van der Waals surface area contributed by atoms with E-state index >= 15 is 0 Å². The van der Waals surface area contributed by atoms with Crippen molar-refractivity contribution in [2.75, 3.05) is 11.6 Å². The van der Waals surface area contributed by atoms with Crippen LogP contribution in [0, 0.1) is 10.7 Å². The number of hydrogen-bond acceptors (Lipinski definition) is 7. The Morgan fingerprint density at radius 1 is 1.52 bits per heavy atom. The minimum absolute atomic E-state index is 0.0843. The minimum atomic E-state index is -0.792. The van der Waals surface area contributed by atoms with Gasteiger partial charge >= 0.3 is 5.97 Å². The lowest BCUT2D eigenvalue weighted by Crippen LogP contribution is -2.32. The number of anilines is 1. The van der Waals surface area contributed by atoms with Gasteiger partial charge in [-0.25, -0.2) is 4.79 Å². The third kappa shape index (κ3) is 2.98. The largest absolute Gasteiger partial charge is 0.462 e. The summed E-state index contributed by atoms with van der Waals surface area (Å²) in [5, 5.41) is 14.7. The number of amides is 1. The smallest absolute Gasteiger partial charge is 0.338 e. The summed E-state index contributed by atoms with van der Waals surface area (Å²) in [6, 6.07) is 6.22. The summed E-state index contributed by atoms with van der Waals surface area (Å²) in [5.41, 5.74) is 6.49. The number of carbonyl (C=O) groups excluding carboxylic acids is 2. The molecule has 0 aromatic heterocycles. The number of rotatable bonds is 4. The van der Waals surface area contributed by atoms with E-state index in [9.17, 15) is 9.59 Å². The molecule has 0 bridgehead atoms. The molecular weight excluding hydrogens is 292 g/mol. The Kier molecular flexibility index (Phi) is 4.45. The van der Waals surface area contributed by atoms with Gasteiger partial charge in [-0.2, -0.15) is 15.4 Å². The summed E-state index contributed by atoms with van der Waals surface area (Å²) in [6.45, 7) is 2.01. The second-order valence-corrected chi connectivity index (χ2v) is 4.92. The molecule has 0 radical (unpaired) electrons. The number of thioether (sulfide) groups is 1. The third-order valence-electron chi connectivity index (χ3n) is 2.71. The van der Waals surface area contributed by atoms with Gasteiger partial charge in [0.1, 0.15) is 11.2 Å². The van der Waals surface area contributed by atoms with Crippen molar-refractivity contribution in [2.24, 2.45) is 10.8 Å². The van der Waals surface area contributed by atoms with Crippen molar-refractivity contribution in [1.82, 2.24) is 0 Å². The molecule has 1 aromatic rings. The Morgan fingerprint density at radius 3 is 2.76 bits per heavy atom. The Hall–Kier alpha value is -2.53. The number of hydrogen-bond donors (Lipinski definition) is 1. The number of esters is 1. The number of nitrogens with two attached hydrogens (primary N) is 1. The van der Waals surface area contributed by atoms with Crippen LogP contribution in [0.3, 0.4) is 0 Å². The van der Waals surface area contributed by atoms with E-state index in [1.54, 1.807) is 19.1 Å². The molecule has 0 aliphatic carbocycles. The molecule has 1 amide bonds. The molecule has 2 N–H and O–H groups in total. The second kappa shape index (κ2) is 6.28. The summed E-state index contributed by atoms with van der Waals surface area (Å²) < 4.78 is 4.87. The van der Waals surface area contributed by atoms with Crippen molar-refractivity contribution in [3.05, 3.63) is 29.8 Å². The Bertz CT molecular complexity index is 636. The van der Waals surface area contributed by atoms with Crippen molar-refractivity contribution >= 4 is 35.2 Å². The van der Waals surface area contributed by atoms with Crippen LogP contribution in [0.1, 0.15) is 17.3 Å². The molecule has 1 aliphatic heterocycles. The number of amidine groups is 1. The zero-order chi connectivity index (χ0) is 15.4. The molecule has 1 atom stereocenters. The molecule has 0 saturated heterocycles. The molecule has 2 rings (SSSR count). The first kappa shape index (κ1) is 14.9. The molecule has 21 heavy (non-hydrogen) atoms. The van der Waals surface area contributed by atoms with Gasteiger partial charge in [-0.15, -0.1) is 0 Å². The maximum atomic E-state index is 12.1. The summed E-state index contributed by atoms with van der Waals surface area (Å²) in [5.74, 6) is -0.735. The highest BCUT2D eigenvalue weighted by atomic mass is 32.2. The number of nitriles is 1. The Morgan fingerprint density at radius 2 is 2.19 bits per heavy atom. The Labute approximate surface area is 125 Å². The summed E-state index contributed by atoms with van der Waals surface area (Å²) in [6.07, 6.45) is 0. The van der Waals surface area contributed by atoms with Gasteiger partial charge in [0.15, 0.2) is 5.25 Å². The number of benzene rings is 1. The molecule has 1 heterocycles. The average Bonchev–Trinajstić information content (AvgIpc) is 2.76. The number of thiocyanates is 1. The lowest BCUT2D eigenvalue weighted by atomic mass is 10.2. The van der Waals surface area contributed by atoms with Crippen LogP contribution in [-0.2, 0) is 9.53 Å². The maximum Gasteiger partial charge on any atom is 0.338 e. The van der Waals surface area contributed by atoms with Crippen molar-refractivity contribution in [3.8, 4) is 5.40 Å². The number of nitrogens with zero attached hydrogens (tertiary/aromatic N) is 3. The fourth-order valence-electron chi connectivity index (χ4n) is 1.76. The van der Waals surface area contributed by atoms with Crippen molar-refractivity contribution in [3.63, 3.8) is 0 Å². The molecule has 7 nitrogen and oxygen atoms in total. The lowest BCUT2D eigenvalue weighted by Gasteiger charge is -2.12. The quantitative estimate of drug-likeness (QED) is 0.658. The SMILES string of the molecule is CCOC(=O)c1ccc(N2N=C(N)C(SC#N)C2=O)cc1. The van der Waals surface area contributed by atoms with E-state index in [0.29, 0.717) is 17.9 Å². The zero-order valence-corrected chi connectivity index (χ0v) is 12.0. The molecule has 0 spiro atoms. The van der Waals surface area contributed by atoms with Gasteiger partial charge in [0.2, 0.25) is 0 Å². The van der Waals surface area contributed by atoms with Crippen LogP contribution in [-0.4, -0.2) is 29.6 Å². The van der Waals surface area contributed by atoms with E-state index in [1.165, 1.54) is 12.1 Å². The first-order valence-electron chi connectivity index (χ1n) is 6.08. The third-order valence-corrected chi connectivity index (χ3v) is 3.49. The van der Waals surface area contributed by atoms with Crippen molar-refractivity contribution in [1.29, 1.82) is 5.26 Å². The highest BCUT2D eigenvalue weighted by molar-refractivity contribution is 8.05. The van der Waals surface area contributed by atoms with Gasteiger partial charge in [-0.3, -0.25) is 4.79 Å². The maximum absolute atomic E-state index is 12.1. The minimum Gasteiger partial charge on any atom is -0.462 e. The monoisotopic (exact) mass is 304 g/mol. The highest BCUT2D eigenvalue weighted by Crippen LogP contribution is 2.25. The Balaban J connectivity index is 2.19. The van der Waals surface area contributed by atoms with Gasteiger partial charge < -0.3 is 10.5 Å². The standard InChI is InChI=1S/C13H12N4O3S/c1-2-20-13(19)8-3-5-9(6-4-8)17-12(18)10(21-7-14)11(15)16-17/h3-6,10H,2H2,1H3,(H2,15,16). The van der Waals surface area contributed by atoms with Gasteiger partial charge in [0.05, 0.1) is 17.9 Å². The van der Waals surface area contributed by atoms with Crippen LogP contribution in [0.2, 0.25) is 0 Å². The van der Waals surface area contributed by atoms with E-state index in [-0.39, 0.29) is 11.7 Å². The van der Waals surface area contributed by atoms with Crippen LogP contribution in [0.15, 0.2) is 29.4 Å². The molecule has 1 unspecified atom stereocenters. The first-order valence-corrected chi connectivity index (χ1v) is 6.96. The van der Waals surface area contributed by atoms with E-state index in [0.717, 1.165) is 16.8 Å². The predicted molar refractivity (Wildman–Crippen MR) is 78.5 cm³/mol. The van der Waals surface area contributed by atoms with Crippen molar-refractivity contribution < 1.29 is 14.3 Å². The molecule has 108 valence electrons. The summed E-state index contributed by atoms with van der Waals surface area (Å²) in [4.78, 5) is 23.6. The van der Waals surface area contributed by atoms with E-state index < -0.39 is 11.2 Å². The predicted octanol–water partition coefficient (Wildman–Crippen LogP) is 1.06. The molecule has 1 aliphatic rings. The first-order chi connectivity index (χ1) is 10.1. The number of carbonyl (C=O) groups is 2. The van der Waals surface area contributed by atoms with Crippen LogP contribution < -0.4 is 10.7 Å². The topological polar surface area (TPSA) is 109 Å². The number of ether oxygens (including phenoxy) is 1. The zero-order valence-electron chi connectivity index (χ0n) is 11.1. The van der Waals surface area contributed by atoms with Crippen molar-refractivity contribution in [2.45, 2.75) is 12.2 Å².